The maximum Gasteiger partial charge on any atom is 0.224 e. The molecule has 1 fully saturated rings. The van der Waals surface area contributed by atoms with Crippen molar-refractivity contribution in [3.05, 3.63) is 35.9 Å². The van der Waals surface area contributed by atoms with Crippen LogP contribution in [0.2, 0.25) is 0 Å². The van der Waals surface area contributed by atoms with Crippen LogP contribution >= 0.6 is 0 Å². The number of hydrogen-bond acceptors (Lipinski definition) is 4. The Kier molecular flexibility index (Phi) is 4.45. The summed E-state index contributed by atoms with van der Waals surface area (Å²) in [5, 5.41) is 2.79. The Morgan fingerprint density at radius 3 is 2.55 bits per heavy atom. The van der Waals surface area contributed by atoms with Crippen LogP contribution < -0.4 is 11.1 Å². The van der Waals surface area contributed by atoms with Gasteiger partial charge in [-0.15, -0.1) is 0 Å². The van der Waals surface area contributed by atoms with Gasteiger partial charge < -0.3 is 11.1 Å². The Bertz CT molecular complexity index is 571. The van der Waals surface area contributed by atoms with Crippen LogP contribution in [0.4, 0.5) is 0 Å². The van der Waals surface area contributed by atoms with Crippen molar-refractivity contribution in [1.82, 2.24) is 5.32 Å². The summed E-state index contributed by atoms with van der Waals surface area (Å²) in [4.78, 5) is 12.1. The van der Waals surface area contributed by atoms with Gasteiger partial charge in [-0.1, -0.05) is 37.3 Å². The second kappa shape index (κ2) is 5.93. The SMILES string of the molecule is CC(C(=O)NC1CCS(=O)(=O)C1)C(N)c1ccccc1. The van der Waals surface area contributed by atoms with Gasteiger partial charge in [0.15, 0.2) is 9.84 Å². The maximum absolute atomic E-state index is 12.1. The molecule has 0 radical (unpaired) electrons. The molecule has 0 aliphatic carbocycles. The lowest BCUT2D eigenvalue weighted by Crippen LogP contribution is -2.41. The van der Waals surface area contributed by atoms with Crippen LogP contribution in [-0.2, 0) is 14.6 Å². The molecule has 1 aliphatic rings. The van der Waals surface area contributed by atoms with Crippen LogP contribution in [0.3, 0.4) is 0 Å². The molecular formula is C14H20N2O3S. The Morgan fingerprint density at radius 1 is 1.35 bits per heavy atom. The molecule has 110 valence electrons. The Morgan fingerprint density at radius 2 is 2.00 bits per heavy atom. The summed E-state index contributed by atoms with van der Waals surface area (Å²) < 4.78 is 22.7. The number of sulfone groups is 1. The summed E-state index contributed by atoms with van der Waals surface area (Å²) in [5.41, 5.74) is 6.99. The molecule has 5 nitrogen and oxygen atoms in total. The largest absolute Gasteiger partial charge is 0.352 e. The van der Waals surface area contributed by atoms with Crippen molar-refractivity contribution < 1.29 is 13.2 Å². The van der Waals surface area contributed by atoms with Crippen LogP contribution in [0.15, 0.2) is 30.3 Å². The van der Waals surface area contributed by atoms with Gasteiger partial charge in [0.2, 0.25) is 5.91 Å². The fourth-order valence-corrected chi connectivity index (χ4v) is 4.04. The predicted octanol–water partition coefficient (Wildman–Crippen LogP) is 0.626. The van der Waals surface area contributed by atoms with Gasteiger partial charge in [0.25, 0.3) is 0 Å². The summed E-state index contributed by atoms with van der Waals surface area (Å²) >= 11 is 0. The van der Waals surface area contributed by atoms with Gasteiger partial charge in [0.05, 0.1) is 17.4 Å². The molecule has 3 atom stereocenters. The van der Waals surface area contributed by atoms with E-state index in [2.05, 4.69) is 5.32 Å². The lowest BCUT2D eigenvalue weighted by atomic mass is 9.94. The monoisotopic (exact) mass is 296 g/mol. The molecular weight excluding hydrogens is 276 g/mol. The first kappa shape index (κ1) is 15.0. The number of hydrogen-bond donors (Lipinski definition) is 2. The van der Waals surface area contributed by atoms with E-state index in [1.807, 2.05) is 30.3 Å². The molecule has 3 unspecified atom stereocenters. The van der Waals surface area contributed by atoms with Crippen molar-refractivity contribution in [3.8, 4) is 0 Å². The highest BCUT2D eigenvalue weighted by molar-refractivity contribution is 7.91. The number of rotatable bonds is 4. The van der Waals surface area contributed by atoms with E-state index in [4.69, 9.17) is 5.73 Å². The number of amides is 1. The molecule has 1 amide bonds. The van der Waals surface area contributed by atoms with Crippen molar-refractivity contribution >= 4 is 15.7 Å². The average Bonchev–Trinajstić information content (AvgIpc) is 2.77. The lowest BCUT2D eigenvalue weighted by molar-refractivity contribution is -0.125. The van der Waals surface area contributed by atoms with E-state index in [0.717, 1.165) is 5.56 Å². The average molecular weight is 296 g/mol. The standard InChI is InChI=1S/C14H20N2O3S/c1-10(13(15)11-5-3-2-4-6-11)14(17)16-12-7-8-20(18,19)9-12/h2-6,10,12-13H,7-9,15H2,1H3,(H,16,17). The van der Waals surface area contributed by atoms with Gasteiger partial charge in [-0.25, -0.2) is 8.42 Å². The summed E-state index contributed by atoms with van der Waals surface area (Å²) in [6.07, 6.45) is 0.487. The first-order valence-electron chi connectivity index (χ1n) is 6.70. The van der Waals surface area contributed by atoms with Gasteiger partial charge in [-0.3, -0.25) is 4.79 Å². The summed E-state index contributed by atoms with van der Waals surface area (Å²) in [5.74, 6) is -0.410. The minimum absolute atomic E-state index is 0.0338. The number of carbonyl (C=O) groups is 1. The summed E-state index contributed by atoms with van der Waals surface area (Å²) in [7, 11) is -2.99. The zero-order valence-electron chi connectivity index (χ0n) is 11.5. The molecule has 0 bridgehead atoms. The van der Waals surface area contributed by atoms with Crippen molar-refractivity contribution in [2.45, 2.75) is 25.4 Å². The molecule has 1 aromatic carbocycles. The maximum atomic E-state index is 12.1. The molecule has 6 heteroatoms. The second-order valence-corrected chi connectivity index (χ2v) is 7.56. The van der Waals surface area contributed by atoms with Gasteiger partial charge in [-0.05, 0) is 12.0 Å². The van der Waals surface area contributed by atoms with E-state index in [1.54, 1.807) is 6.92 Å². The fraction of sp³-hybridized carbons (Fsp3) is 0.500. The first-order valence-corrected chi connectivity index (χ1v) is 8.52. The molecule has 2 rings (SSSR count). The highest BCUT2D eigenvalue weighted by Gasteiger charge is 2.31. The Balaban J connectivity index is 1.96. The zero-order chi connectivity index (χ0) is 14.8. The summed E-state index contributed by atoms with van der Waals surface area (Å²) in [6, 6.07) is 8.74. The smallest absolute Gasteiger partial charge is 0.224 e. The van der Waals surface area contributed by atoms with E-state index < -0.39 is 21.8 Å². The van der Waals surface area contributed by atoms with Crippen molar-refractivity contribution in [3.63, 3.8) is 0 Å². The van der Waals surface area contributed by atoms with Crippen molar-refractivity contribution in [1.29, 1.82) is 0 Å². The molecule has 1 heterocycles. The van der Waals surface area contributed by atoms with E-state index in [1.165, 1.54) is 0 Å². The summed E-state index contributed by atoms with van der Waals surface area (Å²) in [6.45, 7) is 1.76. The minimum Gasteiger partial charge on any atom is -0.352 e. The fourth-order valence-electron chi connectivity index (χ4n) is 2.37. The molecule has 1 aromatic rings. The lowest BCUT2D eigenvalue weighted by Gasteiger charge is -2.21. The van der Waals surface area contributed by atoms with Crippen molar-refractivity contribution in [2.75, 3.05) is 11.5 Å². The van der Waals surface area contributed by atoms with Gasteiger partial charge in [0.1, 0.15) is 0 Å². The number of nitrogens with one attached hydrogen (secondary N) is 1. The van der Waals surface area contributed by atoms with Crippen LogP contribution in [0.1, 0.15) is 24.9 Å². The van der Waals surface area contributed by atoms with Crippen LogP contribution in [0, 0.1) is 5.92 Å². The highest BCUT2D eigenvalue weighted by atomic mass is 32.2. The Labute approximate surface area is 119 Å². The molecule has 3 N–H and O–H groups in total. The van der Waals surface area contributed by atoms with E-state index in [9.17, 15) is 13.2 Å². The van der Waals surface area contributed by atoms with E-state index >= 15 is 0 Å². The molecule has 20 heavy (non-hydrogen) atoms. The van der Waals surface area contributed by atoms with E-state index in [-0.39, 0.29) is 23.5 Å². The quantitative estimate of drug-likeness (QED) is 0.852. The van der Waals surface area contributed by atoms with Gasteiger partial charge >= 0.3 is 0 Å². The molecule has 1 saturated heterocycles. The molecule has 0 aromatic heterocycles. The number of benzene rings is 1. The number of carbonyl (C=O) groups excluding carboxylic acids is 1. The van der Waals surface area contributed by atoms with Crippen LogP contribution in [0.25, 0.3) is 0 Å². The van der Waals surface area contributed by atoms with E-state index in [0.29, 0.717) is 6.42 Å². The van der Waals surface area contributed by atoms with Crippen molar-refractivity contribution in [2.24, 2.45) is 11.7 Å². The molecule has 0 spiro atoms. The topological polar surface area (TPSA) is 89.3 Å². The third-order valence-corrected chi connectivity index (χ3v) is 5.48. The second-order valence-electron chi connectivity index (χ2n) is 5.33. The zero-order valence-corrected chi connectivity index (χ0v) is 12.3. The highest BCUT2D eigenvalue weighted by Crippen LogP contribution is 2.20. The van der Waals surface area contributed by atoms with Gasteiger partial charge in [0, 0.05) is 12.1 Å². The third kappa shape index (κ3) is 3.58. The first-order chi connectivity index (χ1) is 9.39. The minimum atomic E-state index is -2.99. The van der Waals surface area contributed by atoms with Crippen LogP contribution in [0.5, 0.6) is 0 Å². The number of nitrogens with two attached hydrogens (primary N) is 1. The normalized spacial score (nSPS) is 24.0. The third-order valence-electron chi connectivity index (χ3n) is 3.72. The predicted molar refractivity (Wildman–Crippen MR) is 77.7 cm³/mol. The molecule has 1 aliphatic heterocycles. The Hall–Kier alpha value is -1.40. The van der Waals surface area contributed by atoms with Gasteiger partial charge in [-0.2, -0.15) is 0 Å². The molecule has 0 saturated carbocycles. The van der Waals surface area contributed by atoms with Crippen LogP contribution in [-0.4, -0.2) is 31.9 Å².